The molecule has 100 valence electrons. The highest BCUT2D eigenvalue weighted by atomic mass is 35.5. The molecule has 0 aliphatic heterocycles. The van der Waals surface area contributed by atoms with Crippen molar-refractivity contribution in [1.82, 2.24) is 0 Å². The third-order valence-corrected chi connectivity index (χ3v) is 3.58. The molecule has 0 bridgehead atoms. The van der Waals surface area contributed by atoms with Crippen LogP contribution in [0.15, 0.2) is 48.5 Å². The average Bonchev–Trinajstić information content (AvgIpc) is 2.43. The molecule has 0 fully saturated rings. The van der Waals surface area contributed by atoms with Crippen molar-refractivity contribution in [1.29, 1.82) is 0 Å². The van der Waals surface area contributed by atoms with Crippen LogP contribution < -0.4 is 10.5 Å². The molecular formula is C15H15Cl2NO. The molecule has 0 radical (unpaired) electrons. The Bertz CT molecular complexity index is 531. The topological polar surface area (TPSA) is 35.2 Å². The number of rotatable bonds is 5. The lowest BCUT2D eigenvalue weighted by molar-refractivity contribution is 0.287. The number of benzene rings is 2. The van der Waals surface area contributed by atoms with Gasteiger partial charge in [0.2, 0.25) is 0 Å². The minimum absolute atomic E-state index is 0.129. The SMILES string of the molecule is NC(COc1ccccc1)Cc1cccc(Cl)c1Cl. The summed E-state index contributed by atoms with van der Waals surface area (Å²) in [6, 6.07) is 15.0. The summed E-state index contributed by atoms with van der Waals surface area (Å²) in [5.74, 6) is 0.815. The lowest BCUT2D eigenvalue weighted by Crippen LogP contribution is -2.30. The van der Waals surface area contributed by atoms with E-state index < -0.39 is 0 Å². The summed E-state index contributed by atoms with van der Waals surface area (Å²) < 4.78 is 5.61. The zero-order valence-corrected chi connectivity index (χ0v) is 11.9. The van der Waals surface area contributed by atoms with E-state index in [1.165, 1.54) is 0 Å². The van der Waals surface area contributed by atoms with Gasteiger partial charge in [-0.3, -0.25) is 0 Å². The molecule has 0 aliphatic carbocycles. The molecule has 2 aromatic rings. The zero-order valence-electron chi connectivity index (χ0n) is 10.4. The van der Waals surface area contributed by atoms with Gasteiger partial charge in [-0.05, 0) is 30.2 Å². The fraction of sp³-hybridized carbons (Fsp3) is 0.200. The lowest BCUT2D eigenvalue weighted by atomic mass is 10.1. The number of halogens is 2. The van der Waals surface area contributed by atoms with E-state index in [-0.39, 0.29) is 6.04 Å². The Labute approximate surface area is 123 Å². The standard InChI is InChI=1S/C15H15Cl2NO/c16-14-8-4-5-11(15(14)17)9-12(18)10-19-13-6-2-1-3-7-13/h1-8,12H,9-10,18H2. The van der Waals surface area contributed by atoms with Crippen LogP contribution in [0, 0.1) is 0 Å². The van der Waals surface area contributed by atoms with E-state index in [1.54, 1.807) is 6.07 Å². The molecule has 19 heavy (non-hydrogen) atoms. The van der Waals surface area contributed by atoms with E-state index in [0.29, 0.717) is 23.1 Å². The quantitative estimate of drug-likeness (QED) is 0.907. The van der Waals surface area contributed by atoms with Gasteiger partial charge in [0, 0.05) is 6.04 Å². The maximum absolute atomic E-state index is 6.13. The highest BCUT2D eigenvalue weighted by molar-refractivity contribution is 6.42. The van der Waals surface area contributed by atoms with Crippen molar-refractivity contribution in [2.75, 3.05) is 6.61 Å². The van der Waals surface area contributed by atoms with Crippen molar-refractivity contribution in [3.8, 4) is 5.75 Å². The Morgan fingerprint density at radius 3 is 2.47 bits per heavy atom. The second-order valence-corrected chi connectivity index (χ2v) is 5.09. The summed E-state index contributed by atoms with van der Waals surface area (Å²) in [5.41, 5.74) is 6.99. The molecule has 4 heteroatoms. The Hall–Kier alpha value is -1.22. The molecule has 0 amide bonds. The van der Waals surface area contributed by atoms with Crippen LogP contribution in [-0.2, 0) is 6.42 Å². The molecule has 2 rings (SSSR count). The van der Waals surface area contributed by atoms with Gasteiger partial charge in [-0.2, -0.15) is 0 Å². The van der Waals surface area contributed by atoms with Crippen LogP contribution >= 0.6 is 23.2 Å². The monoisotopic (exact) mass is 295 g/mol. The molecule has 2 aromatic carbocycles. The summed E-state index contributed by atoms with van der Waals surface area (Å²) in [4.78, 5) is 0. The number of hydrogen-bond donors (Lipinski definition) is 1. The van der Waals surface area contributed by atoms with Crippen LogP contribution in [0.5, 0.6) is 5.75 Å². The first-order valence-electron chi connectivity index (χ1n) is 6.03. The van der Waals surface area contributed by atoms with Crippen molar-refractivity contribution in [2.45, 2.75) is 12.5 Å². The molecule has 0 saturated heterocycles. The fourth-order valence-corrected chi connectivity index (χ4v) is 2.16. The lowest BCUT2D eigenvalue weighted by Gasteiger charge is -2.14. The fourth-order valence-electron chi connectivity index (χ4n) is 1.77. The van der Waals surface area contributed by atoms with Crippen LogP contribution in [-0.4, -0.2) is 12.6 Å². The minimum atomic E-state index is -0.129. The number of para-hydroxylation sites is 1. The second kappa shape index (κ2) is 6.80. The molecule has 0 saturated carbocycles. The van der Waals surface area contributed by atoms with Gasteiger partial charge in [0.25, 0.3) is 0 Å². The van der Waals surface area contributed by atoms with Gasteiger partial charge in [-0.1, -0.05) is 53.5 Å². The van der Waals surface area contributed by atoms with Crippen LogP contribution in [0.1, 0.15) is 5.56 Å². The van der Waals surface area contributed by atoms with Gasteiger partial charge in [0.05, 0.1) is 10.0 Å². The van der Waals surface area contributed by atoms with Crippen molar-refractivity contribution in [3.63, 3.8) is 0 Å². The Balaban J connectivity index is 1.91. The molecular weight excluding hydrogens is 281 g/mol. The third kappa shape index (κ3) is 4.13. The Morgan fingerprint density at radius 1 is 1.00 bits per heavy atom. The number of ether oxygens (including phenoxy) is 1. The summed E-state index contributed by atoms with van der Waals surface area (Å²) in [6.45, 7) is 0.437. The van der Waals surface area contributed by atoms with Gasteiger partial charge in [0.15, 0.2) is 0 Å². The molecule has 2 nitrogen and oxygen atoms in total. The highest BCUT2D eigenvalue weighted by Crippen LogP contribution is 2.26. The normalized spacial score (nSPS) is 12.2. The van der Waals surface area contributed by atoms with Gasteiger partial charge in [0.1, 0.15) is 12.4 Å². The maximum atomic E-state index is 6.13. The van der Waals surface area contributed by atoms with E-state index >= 15 is 0 Å². The minimum Gasteiger partial charge on any atom is -0.492 e. The van der Waals surface area contributed by atoms with E-state index in [0.717, 1.165) is 11.3 Å². The summed E-state index contributed by atoms with van der Waals surface area (Å²) in [5, 5.41) is 1.12. The summed E-state index contributed by atoms with van der Waals surface area (Å²) in [6.07, 6.45) is 0.631. The van der Waals surface area contributed by atoms with Gasteiger partial charge >= 0.3 is 0 Å². The third-order valence-electron chi connectivity index (χ3n) is 2.72. The van der Waals surface area contributed by atoms with Crippen molar-refractivity contribution in [3.05, 3.63) is 64.1 Å². The summed E-state index contributed by atoms with van der Waals surface area (Å²) >= 11 is 12.1. The van der Waals surface area contributed by atoms with Gasteiger partial charge < -0.3 is 10.5 Å². The molecule has 2 N–H and O–H groups in total. The smallest absolute Gasteiger partial charge is 0.119 e. The molecule has 0 spiro atoms. The van der Waals surface area contributed by atoms with E-state index in [9.17, 15) is 0 Å². The van der Waals surface area contributed by atoms with Crippen LogP contribution in [0.2, 0.25) is 10.0 Å². The zero-order chi connectivity index (χ0) is 13.7. The molecule has 0 heterocycles. The first-order chi connectivity index (χ1) is 9.16. The van der Waals surface area contributed by atoms with Crippen LogP contribution in [0.3, 0.4) is 0 Å². The molecule has 0 aromatic heterocycles. The molecule has 1 atom stereocenters. The predicted molar refractivity (Wildman–Crippen MR) is 80.1 cm³/mol. The molecule has 0 aliphatic rings. The van der Waals surface area contributed by atoms with Crippen LogP contribution in [0.4, 0.5) is 0 Å². The first-order valence-corrected chi connectivity index (χ1v) is 6.78. The Kier molecular flexibility index (Phi) is 5.08. The van der Waals surface area contributed by atoms with E-state index in [2.05, 4.69) is 0 Å². The average molecular weight is 296 g/mol. The van der Waals surface area contributed by atoms with Crippen LogP contribution in [0.25, 0.3) is 0 Å². The van der Waals surface area contributed by atoms with E-state index in [4.69, 9.17) is 33.7 Å². The summed E-state index contributed by atoms with van der Waals surface area (Å²) in [7, 11) is 0. The van der Waals surface area contributed by atoms with Crippen molar-refractivity contribution < 1.29 is 4.74 Å². The largest absolute Gasteiger partial charge is 0.492 e. The van der Waals surface area contributed by atoms with Gasteiger partial charge in [-0.15, -0.1) is 0 Å². The second-order valence-electron chi connectivity index (χ2n) is 4.30. The number of hydrogen-bond acceptors (Lipinski definition) is 2. The van der Waals surface area contributed by atoms with Crippen molar-refractivity contribution in [2.24, 2.45) is 5.73 Å². The first kappa shape index (κ1) is 14.2. The Morgan fingerprint density at radius 2 is 1.74 bits per heavy atom. The predicted octanol–water partition coefficient (Wildman–Crippen LogP) is 3.94. The van der Waals surface area contributed by atoms with Crippen molar-refractivity contribution >= 4 is 23.2 Å². The molecule has 1 unspecified atom stereocenters. The highest BCUT2D eigenvalue weighted by Gasteiger charge is 2.10. The van der Waals surface area contributed by atoms with Gasteiger partial charge in [-0.25, -0.2) is 0 Å². The van der Waals surface area contributed by atoms with E-state index in [1.807, 2.05) is 42.5 Å². The maximum Gasteiger partial charge on any atom is 0.119 e. The number of nitrogens with two attached hydrogens (primary N) is 1.